The number of hydrogen-bond acceptors (Lipinski definition) is 4. The number of para-hydroxylation sites is 2. The Bertz CT molecular complexity index is 576. The molecule has 1 aromatic heterocycles. The van der Waals surface area contributed by atoms with Gasteiger partial charge in [-0.25, -0.2) is 4.79 Å². The fourth-order valence-electron chi connectivity index (χ4n) is 1.84. The van der Waals surface area contributed by atoms with Crippen LogP contribution in [0.4, 0.5) is 5.69 Å². The van der Waals surface area contributed by atoms with Crippen LogP contribution in [0.5, 0.6) is 5.75 Å². The zero-order valence-corrected chi connectivity index (χ0v) is 10.8. The molecule has 0 saturated heterocycles. The summed E-state index contributed by atoms with van der Waals surface area (Å²) in [6.07, 6.45) is 0. The van der Waals surface area contributed by atoms with Crippen LogP contribution in [0.25, 0.3) is 0 Å². The van der Waals surface area contributed by atoms with E-state index in [2.05, 4.69) is 0 Å². The number of carboxylic acid groups (broad SMARTS) is 1. The maximum Gasteiger partial charge on any atom is 0.371 e. The highest BCUT2D eigenvalue weighted by molar-refractivity contribution is 5.84. The van der Waals surface area contributed by atoms with E-state index in [1.165, 1.54) is 6.07 Å². The zero-order chi connectivity index (χ0) is 13.8. The van der Waals surface area contributed by atoms with Crippen LogP contribution < -0.4 is 9.64 Å². The molecule has 1 N–H and O–H groups in total. The smallest absolute Gasteiger partial charge is 0.371 e. The topological polar surface area (TPSA) is 62.9 Å². The lowest BCUT2D eigenvalue weighted by Crippen LogP contribution is -2.16. The summed E-state index contributed by atoms with van der Waals surface area (Å²) in [6, 6.07) is 10.7. The van der Waals surface area contributed by atoms with Crippen molar-refractivity contribution in [3.8, 4) is 5.75 Å². The molecule has 1 aromatic carbocycles. The molecule has 100 valence electrons. The van der Waals surface area contributed by atoms with Gasteiger partial charge in [-0.3, -0.25) is 0 Å². The first-order valence-corrected chi connectivity index (χ1v) is 5.78. The average Bonchev–Trinajstić information content (AvgIpc) is 2.87. The highest BCUT2D eigenvalue weighted by Crippen LogP contribution is 2.27. The highest BCUT2D eigenvalue weighted by Gasteiger charge is 2.12. The van der Waals surface area contributed by atoms with Crippen LogP contribution in [-0.4, -0.2) is 25.2 Å². The van der Waals surface area contributed by atoms with E-state index in [1.807, 2.05) is 36.2 Å². The van der Waals surface area contributed by atoms with E-state index < -0.39 is 5.97 Å². The molecule has 0 unspecified atom stereocenters. The quantitative estimate of drug-likeness (QED) is 0.896. The predicted molar refractivity (Wildman–Crippen MR) is 70.8 cm³/mol. The van der Waals surface area contributed by atoms with Crippen molar-refractivity contribution in [1.82, 2.24) is 0 Å². The molecule has 19 heavy (non-hydrogen) atoms. The minimum absolute atomic E-state index is 0.0524. The monoisotopic (exact) mass is 261 g/mol. The maximum atomic E-state index is 10.7. The lowest BCUT2D eigenvalue weighted by atomic mass is 10.2. The molecule has 0 spiro atoms. The van der Waals surface area contributed by atoms with Crippen molar-refractivity contribution in [3.63, 3.8) is 0 Å². The first kappa shape index (κ1) is 13.0. The van der Waals surface area contributed by atoms with Gasteiger partial charge in [-0.05, 0) is 24.3 Å². The van der Waals surface area contributed by atoms with Crippen LogP contribution >= 0.6 is 0 Å². The number of aromatic carboxylic acids is 1. The molecule has 0 radical (unpaired) electrons. The van der Waals surface area contributed by atoms with Crippen molar-refractivity contribution in [2.75, 3.05) is 19.1 Å². The third-order valence-corrected chi connectivity index (χ3v) is 2.76. The van der Waals surface area contributed by atoms with Gasteiger partial charge < -0.3 is 19.2 Å². The van der Waals surface area contributed by atoms with Gasteiger partial charge in [0.2, 0.25) is 5.76 Å². The molecule has 0 aliphatic carbocycles. The van der Waals surface area contributed by atoms with Gasteiger partial charge in [0.1, 0.15) is 11.5 Å². The minimum Gasteiger partial charge on any atom is -0.495 e. The number of benzene rings is 1. The van der Waals surface area contributed by atoms with E-state index in [-0.39, 0.29) is 5.76 Å². The molecule has 0 aliphatic heterocycles. The minimum atomic E-state index is -1.06. The molecule has 0 atom stereocenters. The van der Waals surface area contributed by atoms with Crippen LogP contribution in [0, 0.1) is 0 Å². The number of ether oxygens (including phenoxy) is 1. The van der Waals surface area contributed by atoms with Gasteiger partial charge in [0, 0.05) is 7.05 Å². The van der Waals surface area contributed by atoms with Crippen LogP contribution in [0.1, 0.15) is 16.3 Å². The fourth-order valence-corrected chi connectivity index (χ4v) is 1.84. The van der Waals surface area contributed by atoms with E-state index in [4.69, 9.17) is 14.3 Å². The maximum absolute atomic E-state index is 10.7. The number of furan rings is 1. The second-order valence-corrected chi connectivity index (χ2v) is 4.10. The summed E-state index contributed by atoms with van der Waals surface area (Å²) in [6.45, 7) is 0.466. The van der Waals surface area contributed by atoms with E-state index in [9.17, 15) is 4.79 Å². The van der Waals surface area contributed by atoms with Crippen molar-refractivity contribution in [3.05, 3.63) is 47.9 Å². The Morgan fingerprint density at radius 2 is 2.05 bits per heavy atom. The second-order valence-electron chi connectivity index (χ2n) is 4.10. The average molecular weight is 261 g/mol. The summed E-state index contributed by atoms with van der Waals surface area (Å²) >= 11 is 0. The molecule has 1 heterocycles. The van der Waals surface area contributed by atoms with Crippen molar-refractivity contribution in [2.24, 2.45) is 0 Å². The number of anilines is 1. The molecule has 0 bridgehead atoms. The summed E-state index contributed by atoms with van der Waals surface area (Å²) in [5, 5.41) is 8.80. The molecule has 2 rings (SSSR count). The summed E-state index contributed by atoms with van der Waals surface area (Å²) < 4.78 is 10.5. The van der Waals surface area contributed by atoms with Crippen LogP contribution in [0.15, 0.2) is 40.8 Å². The van der Waals surface area contributed by atoms with Gasteiger partial charge in [-0.15, -0.1) is 0 Å². The molecule has 0 saturated carbocycles. The highest BCUT2D eigenvalue weighted by atomic mass is 16.5. The van der Waals surface area contributed by atoms with Crippen molar-refractivity contribution in [2.45, 2.75) is 6.54 Å². The van der Waals surface area contributed by atoms with Gasteiger partial charge in [0.05, 0.1) is 19.3 Å². The zero-order valence-electron chi connectivity index (χ0n) is 10.8. The number of hydrogen-bond donors (Lipinski definition) is 1. The lowest BCUT2D eigenvalue weighted by molar-refractivity contribution is 0.0660. The number of carbonyl (C=O) groups is 1. The van der Waals surface area contributed by atoms with Gasteiger partial charge in [-0.1, -0.05) is 12.1 Å². The molecule has 0 amide bonds. The summed E-state index contributed by atoms with van der Waals surface area (Å²) in [4.78, 5) is 12.7. The van der Waals surface area contributed by atoms with E-state index in [0.29, 0.717) is 12.3 Å². The molecule has 5 heteroatoms. The SMILES string of the molecule is COc1ccccc1N(C)Cc1ccc(C(=O)O)o1. The molecule has 0 aliphatic rings. The van der Waals surface area contributed by atoms with Crippen LogP contribution in [-0.2, 0) is 6.54 Å². The Labute approximate surface area is 111 Å². The number of carboxylic acids is 1. The van der Waals surface area contributed by atoms with E-state index in [1.54, 1.807) is 13.2 Å². The number of nitrogens with zero attached hydrogens (tertiary/aromatic N) is 1. The number of methoxy groups -OCH3 is 1. The standard InChI is InChI=1S/C14H15NO4/c1-15(11-5-3-4-6-12(11)18-2)9-10-7-8-13(19-10)14(16)17/h3-8H,9H2,1-2H3,(H,16,17). The Hall–Kier alpha value is -2.43. The van der Waals surface area contributed by atoms with Crippen molar-refractivity contribution < 1.29 is 19.1 Å². The Morgan fingerprint density at radius 1 is 1.32 bits per heavy atom. The first-order valence-electron chi connectivity index (χ1n) is 5.78. The third-order valence-electron chi connectivity index (χ3n) is 2.76. The van der Waals surface area contributed by atoms with Crippen LogP contribution in [0.2, 0.25) is 0 Å². The van der Waals surface area contributed by atoms with Crippen molar-refractivity contribution in [1.29, 1.82) is 0 Å². The first-order chi connectivity index (χ1) is 9.11. The third kappa shape index (κ3) is 2.88. The normalized spacial score (nSPS) is 10.2. The van der Waals surface area contributed by atoms with Crippen molar-refractivity contribution >= 4 is 11.7 Å². The molecular weight excluding hydrogens is 246 g/mol. The van der Waals surface area contributed by atoms with Gasteiger partial charge in [-0.2, -0.15) is 0 Å². The summed E-state index contributed by atoms with van der Waals surface area (Å²) in [7, 11) is 3.50. The second kappa shape index (κ2) is 5.48. The predicted octanol–water partition coefficient (Wildman–Crippen LogP) is 2.62. The van der Waals surface area contributed by atoms with E-state index in [0.717, 1.165) is 11.4 Å². The molecule has 2 aromatic rings. The van der Waals surface area contributed by atoms with Gasteiger partial charge in [0.15, 0.2) is 0 Å². The fraction of sp³-hybridized carbons (Fsp3) is 0.214. The molecule has 0 fully saturated rings. The van der Waals surface area contributed by atoms with E-state index >= 15 is 0 Å². The Morgan fingerprint density at radius 3 is 2.68 bits per heavy atom. The summed E-state index contributed by atoms with van der Waals surface area (Å²) in [5.41, 5.74) is 0.915. The van der Waals surface area contributed by atoms with Crippen LogP contribution in [0.3, 0.4) is 0 Å². The summed E-state index contributed by atoms with van der Waals surface area (Å²) in [5.74, 6) is 0.232. The van der Waals surface area contributed by atoms with Gasteiger partial charge in [0.25, 0.3) is 0 Å². The Kier molecular flexibility index (Phi) is 3.75. The largest absolute Gasteiger partial charge is 0.495 e. The Balaban J connectivity index is 2.15. The number of rotatable bonds is 5. The van der Waals surface area contributed by atoms with Gasteiger partial charge >= 0.3 is 5.97 Å². The molecule has 5 nitrogen and oxygen atoms in total. The lowest BCUT2D eigenvalue weighted by Gasteiger charge is -2.20. The molecular formula is C14H15NO4.